The average Bonchev–Trinajstić information content (AvgIpc) is 2.17. The number of benzene rings is 1. The summed E-state index contributed by atoms with van der Waals surface area (Å²) in [6.45, 7) is 0.305. The highest BCUT2D eigenvalue weighted by Gasteiger charge is 2.28. The summed E-state index contributed by atoms with van der Waals surface area (Å²) >= 11 is 5.80. The van der Waals surface area contributed by atoms with Crippen LogP contribution < -0.4 is 5.32 Å². The molecule has 16 heavy (non-hydrogen) atoms. The van der Waals surface area contributed by atoms with Crippen LogP contribution in [0.2, 0.25) is 5.02 Å². The van der Waals surface area contributed by atoms with Gasteiger partial charge in [-0.25, -0.2) is 0 Å². The van der Waals surface area contributed by atoms with E-state index in [0.717, 1.165) is 0 Å². The van der Waals surface area contributed by atoms with Crippen molar-refractivity contribution in [1.82, 2.24) is 5.32 Å². The fraction of sp³-hybridized carbons (Fsp3) is 0.300. The number of carbonyl (C=O) groups is 1. The summed E-state index contributed by atoms with van der Waals surface area (Å²) < 4.78 is 35.6. The van der Waals surface area contributed by atoms with E-state index in [1.807, 2.05) is 0 Å². The predicted molar refractivity (Wildman–Crippen MR) is 54.6 cm³/mol. The first-order chi connectivity index (χ1) is 7.31. The third-order valence-corrected chi connectivity index (χ3v) is 2.39. The number of alkyl halides is 3. The molecule has 0 aliphatic heterocycles. The highest BCUT2D eigenvalue weighted by atomic mass is 35.5. The van der Waals surface area contributed by atoms with E-state index in [2.05, 4.69) is 0 Å². The van der Waals surface area contributed by atoms with Crippen LogP contribution in [0.4, 0.5) is 13.2 Å². The van der Waals surface area contributed by atoms with Crippen molar-refractivity contribution in [3.05, 3.63) is 34.3 Å². The van der Waals surface area contributed by atoms with Gasteiger partial charge in [0.2, 0.25) is 0 Å². The fourth-order valence-electron chi connectivity index (χ4n) is 1.10. The zero-order valence-corrected chi connectivity index (χ0v) is 9.12. The summed E-state index contributed by atoms with van der Waals surface area (Å²) in [5.41, 5.74) is 0.687. The molecule has 0 heterocycles. The minimum Gasteiger partial charge on any atom is -0.343 e. The second-order valence-electron chi connectivity index (χ2n) is 3.23. The number of rotatable bonds is 2. The molecule has 0 unspecified atom stereocenters. The maximum Gasteiger partial charge on any atom is 0.405 e. The lowest BCUT2D eigenvalue weighted by molar-refractivity contribution is -0.123. The number of carbonyl (C=O) groups excluding carboxylic acids is 1. The van der Waals surface area contributed by atoms with Crippen molar-refractivity contribution < 1.29 is 18.0 Å². The van der Waals surface area contributed by atoms with Crippen LogP contribution in [0.25, 0.3) is 0 Å². The first-order valence-electron chi connectivity index (χ1n) is 4.41. The smallest absolute Gasteiger partial charge is 0.343 e. The summed E-state index contributed by atoms with van der Waals surface area (Å²) in [6.07, 6.45) is -4.42. The van der Waals surface area contributed by atoms with Gasteiger partial charge in [-0.1, -0.05) is 23.7 Å². The van der Waals surface area contributed by atoms with Gasteiger partial charge in [0, 0.05) is 0 Å². The number of aryl methyl sites for hydroxylation is 1. The highest BCUT2D eigenvalue weighted by Crippen LogP contribution is 2.20. The zero-order chi connectivity index (χ0) is 12.3. The molecule has 2 nitrogen and oxygen atoms in total. The first-order valence-corrected chi connectivity index (χ1v) is 4.79. The Bertz CT molecular complexity index is 404. The number of amides is 1. The molecular weight excluding hydrogens is 243 g/mol. The van der Waals surface area contributed by atoms with Gasteiger partial charge < -0.3 is 5.32 Å². The van der Waals surface area contributed by atoms with Crippen molar-refractivity contribution in [2.45, 2.75) is 13.1 Å². The van der Waals surface area contributed by atoms with Gasteiger partial charge in [0.25, 0.3) is 5.91 Å². The van der Waals surface area contributed by atoms with E-state index < -0.39 is 18.6 Å². The fourth-order valence-corrected chi connectivity index (χ4v) is 1.31. The molecule has 88 valence electrons. The number of halogens is 4. The van der Waals surface area contributed by atoms with Gasteiger partial charge in [0.1, 0.15) is 6.54 Å². The lowest BCUT2D eigenvalue weighted by Gasteiger charge is -2.10. The van der Waals surface area contributed by atoms with Crippen molar-refractivity contribution in [1.29, 1.82) is 0 Å². The lowest BCUT2D eigenvalue weighted by atomic mass is 10.1. The second kappa shape index (κ2) is 4.74. The van der Waals surface area contributed by atoms with Gasteiger partial charge in [0.05, 0.1) is 10.6 Å². The molecule has 1 aromatic carbocycles. The lowest BCUT2D eigenvalue weighted by Crippen LogP contribution is -2.33. The van der Waals surface area contributed by atoms with E-state index >= 15 is 0 Å². The van der Waals surface area contributed by atoms with E-state index in [-0.39, 0.29) is 10.6 Å². The van der Waals surface area contributed by atoms with Gasteiger partial charge >= 0.3 is 6.18 Å². The molecule has 1 amide bonds. The van der Waals surface area contributed by atoms with E-state index in [4.69, 9.17) is 11.6 Å². The molecule has 0 atom stereocenters. The maximum absolute atomic E-state index is 11.9. The molecule has 0 saturated heterocycles. The summed E-state index contributed by atoms with van der Waals surface area (Å²) in [5, 5.41) is 1.93. The molecular formula is C10H9ClF3NO. The minimum atomic E-state index is -4.42. The third-order valence-electron chi connectivity index (χ3n) is 1.89. The Labute approximate surface area is 95.4 Å². The Hall–Kier alpha value is -1.23. The first kappa shape index (κ1) is 12.8. The zero-order valence-electron chi connectivity index (χ0n) is 8.36. The number of nitrogens with one attached hydrogen (secondary N) is 1. The topological polar surface area (TPSA) is 29.1 Å². The van der Waals surface area contributed by atoms with Gasteiger partial charge in [-0.3, -0.25) is 4.79 Å². The van der Waals surface area contributed by atoms with Crippen LogP contribution >= 0.6 is 11.6 Å². The van der Waals surface area contributed by atoms with Gasteiger partial charge in [-0.05, 0) is 18.6 Å². The largest absolute Gasteiger partial charge is 0.405 e. The monoisotopic (exact) mass is 251 g/mol. The van der Waals surface area contributed by atoms with Crippen LogP contribution in [-0.4, -0.2) is 18.6 Å². The third kappa shape index (κ3) is 3.41. The van der Waals surface area contributed by atoms with Gasteiger partial charge in [0.15, 0.2) is 0 Å². The molecule has 0 spiro atoms. The Morgan fingerprint density at radius 3 is 2.62 bits per heavy atom. The van der Waals surface area contributed by atoms with Crippen molar-refractivity contribution in [2.24, 2.45) is 0 Å². The molecule has 1 aromatic rings. The molecule has 6 heteroatoms. The summed E-state index contributed by atoms with van der Waals surface area (Å²) in [4.78, 5) is 11.4. The highest BCUT2D eigenvalue weighted by molar-refractivity contribution is 6.34. The van der Waals surface area contributed by atoms with E-state index in [0.29, 0.717) is 5.56 Å². The Balaban J connectivity index is 2.78. The molecule has 0 aliphatic carbocycles. The minimum absolute atomic E-state index is 0.0471. The van der Waals surface area contributed by atoms with E-state index in [1.54, 1.807) is 24.4 Å². The maximum atomic E-state index is 11.9. The SMILES string of the molecule is Cc1cccc(C(=O)NCC(F)(F)F)c1Cl. The van der Waals surface area contributed by atoms with Gasteiger partial charge in [-0.15, -0.1) is 0 Å². The van der Waals surface area contributed by atoms with Crippen LogP contribution in [0.3, 0.4) is 0 Å². The van der Waals surface area contributed by atoms with Crippen LogP contribution in [-0.2, 0) is 0 Å². The molecule has 1 N–H and O–H groups in total. The molecule has 0 radical (unpaired) electrons. The Morgan fingerprint density at radius 1 is 1.44 bits per heavy atom. The standard InChI is InChI=1S/C10H9ClF3NO/c1-6-3-2-4-7(8(6)11)9(16)15-5-10(12,13)14/h2-4H,5H2,1H3,(H,15,16). The molecule has 0 fully saturated rings. The average molecular weight is 252 g/mol. The van der Waals surface area contributed by atoms with Crippen molar-refractivity contribution in [3.63, 3.8) is 0 Å². The van der Waals surface area contributed by atoms with Crippen molar-refractivity contribution in [3.8, 4) is 0 Å². The van der Waals surface area contributed by atoms with Crippen LogP contribution in [0.15, 0.2) is 18.2 Å². The quantitative estimate of drug-likeness (QED) is 0.860. The normalized spacial score (nSPS) is 11.3. The van der Waals surface area contributed by atoms with Crippen molar-refractivity contribution >= 4 is 17.5 Å². The molecule has 0 aromatic heterocycles. The van der Waals surface area contributed by atoms with Gasteiger partial charge in [-0.2, -0.15) is 13.2 Å². The molecule has 0 aliphatic rings. The predicted octanol–water partition coefficient (Wildman–Crippen LogP) is 2.94. The van der Waals surface area contributed by atoms with E-state index in [1.165, 1.54) is 6.07 Å². The summed E-state index contributed by atoms with van der Waals surface area (Å²) in [7, 11) is 0. The number of hydrogen-bond donors (Lipinski definition) is 1. The van der Waals surface area contributed by atoms with Crippen LogP contribution in [0, 0.1) is 6.92 Å². The summed E-state index contributed by atoms with van der Waals surface area (Å²) in [6, 6.07) is 4.60. The molecule has 0 saturated carbocycles. The molecule has 0 bridgehead atoms. The van der Waals surface area contributed by atoms with Crippen LogP contribution in [0.1, 0.15) is 15.9 Å². The Kier molecular flexibility index (Phi) is 3.80. The van der Waals surface area contributed by atoms with E-state index in [9.17, 15) is 18.0 Å². The number of hydrogen-bond acceptors (Lipinski definition) is 1. The second-order valence-corrected chi connectivity index (χ2v) is 3.61. The van der Waals surface area contributed by atoms with Crippen molar-refractivity contribution in [2.75, 3.05) is 6.54 Å². The summed E-state index contributed by atoms with van der Waals surface area (Å²) in [5.74, 6) is -0.828. The molecule has 1 rings (SSSR count). The van der Waals surface area contributed by atoms with Crippen LogP contribution in [0.5, 0.6) is 0 Å². The Morgan fingerprint density at radius 2 is 2.06 bits per heavy atom.